The monoisotopic (exact) mass is 287 g/mol. The van der Waals surface area contributed by atoms with E-state index >= 15 is 0 Å². The molecule has 0 spiro atoms. The van der Waals surface area contributed by atoms with Gasteiger partial charge in [0.1, 0.15) is 12.6 Å². The number of fused-ring (bicyclic) bond motifs is 1. The number of nitrogens with one attached hydrogen (secondary N) is 1. The van der Waals surface area contributed by atoms with Gasteiger partial charge in [0.25, 0.3) is 0 Å². The molecule has 102 valence electrons. The van der Waals surface area contributed by atoms with Crippen molar-refractivity contribution in [1.29, 1.82) is 0 Å². The van der Waals surface area contributed by atoms with E-state index in [0.29, 0.717) is 11.4 Å². The zero-order chi connectivity index (χ0) is 13.9. The van der Waals surface area contributed by atoms with Gasteiger partial charge in [-0.25, -0.2) is 4.79 Å². The molecule has 0 bridgehead atoms. The van der Waals surface area contributed by atoms with E-state index in [-0.39, 0.29) is 18.6 Å². The second-order valence-corrected chi connectivity index (χ2v) is 5.23. The van der Waals surface area contributed by atoms with Gasteiger partial charge in [-0.15, -0.1) is 0 Å². The third kappa shape index (κ3) is 2.78. The highest BCUT2D eigenvalue weighted by atomic mass is 35.5. The van der Waals surface area contributed by atoms with Crippen LogP contribution in [0.2, 0.25) is 5.02 Å². The average Bonchev–Trinajstić information content (AvgIpc) is 2.90. The van der Waals surface area contributed by atoms with E-state index in [0.717, 1.165) is 16.8 Å². The number of ether oxygens (including phenoxy) is 1. The highest BCUT2D eigenvalue weighted by molar-refractivity contribution is 6.30. The van der Waals surface area contributed by atoms with Crippen molar-refractivity contribution in [3.63, 3.8) is 0 Å². The van der Waals surface area contributed by atoms with Crippen LogP contribution in [0.15, 0.2) is 48.5 Å². The molecule has 0 aliphatic carbocycles. The summed E-state index contributed by atoms with van der Waals surface area (Å²) in [7, 11) is 0. The van der Waals surface area contributed by atoms with E-state index in [2.05, 4.69) is 5.32 Å². The quantitative estimate of drug-likeness (QED) is 0.879. The van der Waals surface area contributed by atoms with Crippen LogP contribution in [0.4, 0.5) is 5.69 Å². The molecule has 0 saturated heterocycles. The Kier molecular flexibility index (Phi) is 3.61. The summed E-state index contributed by atoms with van der Waals surface area (Å²) < 4.78 is 5.34. The molecular weight excluding hydrogens is 274 g/mol. The fourth-order valence-corrected chi connectivity index (χ4v) is 2.40. The molecule has 1 aliphatic heterocycles. The van der Waals surface area contributed by atoms with E-state index in [1.54, 1.807) is 12.1 Å². The molecule has 2 aromatic rings. The molecule has 20 heavy (non-hydrogen) atoms. The minimum absolute atomic E-state index is 0.226. The lowest BCUT2D eigenvalue weighted by Gasteiger charge is -2.11. The summed E-state index contributed by atoms with van der Waals surface area (Å²) in [5.41, 5.74) is 3.10. The average molecular weight is 288 g/mol. The third-order valence-corrected chi connectivity index (χ3v) is 3.60. The Morgan fingerprint density at radius 3 is 2.70 bits per heavy atom. The number of anilines is 1. The van der Waals surface area contributed by atoms with Crippen molar-refractivity contribution in [2.24, 2.45) is 0 Å². The summed E-state index contributed by atoms with van der Waals surface area (Å²) in [6.45, 7) is 0.268. The first-order chi connectivity index (χ1) is 9.72. The van der Waals surface area contributed by atoms with Crippen molar-refractivity contribution in [3.05, 3.63) is 64.7 Å². The van der Waals surface area contributed by atoms with Crippen molar-refractivity contribution in [3.8, 4) is 0 Å². The first-order valence-corrected chi connectivity index (χ1v) is 6.86. The second kappa shape index (κ2) is 5.55. The Morgan fingerprint density at radius 1 is 1.20 bits per heavy atom. The Labute approximate surface area is 122 Å². The predicted molar refractivity (Wildman–Crippen MR) is 78.8 cm³/mol. The fourth-order valence-electron chi connectivity index (χ4n) is 2.28. The van der Waals surface area contributed by atoms with E-state index in [9.17, 15) is 4.79 Å². The first kappa shape index (κ1) is 13.0. The number of halogens is 1. The van der Waals surface area contributed by atoms with Gasteiger partial charge in [0.05, 0.1) is 0 Å². The lowest BCUT2D eigenvalue weighted by molar-refractivity contribution is -0.145. The summed E-state index contributed by atoms with van der Waals surface area (Å²) in [5, 5.41) is 3.86. The SMILES string of the molecule is O=C(OCc1ccc(Cl)cc1)C1Cc2ccccc2N1. The second-order valence-electron chi connectivity index (χ2n) is 4.79. The number of hydrogen-bond acceptors (Lipinski definition) is 3. The lowest BCUT2D eigenvalue weighted by atomic mass is 10.1. The van der Waals surface area contributed by atoms with E-state index in [4.69, 9.17) is 16.3 Å². The molecule has 0 saturated carbocycles. The van der Waals surface area contributed by atoms with Gasteiger partial charge in [0.15, 0.2) is 0 Å². The van der Waals surface area contributed by atoms with Crippen molar-refractivity contribution < 1.29 is 9.53 Å². The molecule has 0 fully saturated rings. The highest BCUT2D eigenvalue weighted by Crippen LogP contribution is 2.25. The van der Waals surface area contributed by atoms with Gasteiger partial charge in [-0.05, 0) is 29.3 Å². The largest absolute Gasteiger partial charge is 0.459 e. The van der Waals surface area contributed by atoms with Crippen LogP contribution in [0.5, 0.6) is 0 Å². The van der Waals surface area contributed by atoms with Crippen LogP contribution in [0.3, 0.4) is 0 Å². The Hall–Kier alpha value is -2.00. The number of hydrogen-bond donors (Lipinski definition) is 1. The fraction of sp³-hybridized carbons (Fsp3) is 0.188. The summed E-state index contributed by atoms with van der Waals surface area (Å²) in [4.78, 5) is 12.0. The molecule has 1 aliphatic rings. The Bertz CT molecular complexity index is 600. The van der Waals surface area contributed by atoms with Gasteiger partial charge >= 0.3 is 5.97 Å². The summed E-state index contributed by atoms with van der Waals surface area (Å²) in [5.74, 6) is -0.226. The lowest BCUT2D eigenvalue weighted by Crippen LogP contribution is -2.28. The standard InChI is InChI=1S/C16H14ClNO2/c17-13-7-5-11(6-8-13)10-20-16(19)15-9-12-3-1-2-4-14(12)18-15/h1-8,15,18H,9-10H2. The number of carbonyl (C=O) groups excluding carboxylic acids is 1. The molecule has 0 radical (unpaired) electrons. The van der Waals surface area contributed by atoms with Crippen molar-refractivity contribution in [1.82, 2.24) is 0 Å². The highest BCUT2D eigenvalue weighted by Gasteiger charge is 2.27. The van der Waals surface area contributed by atoms with Crippen molar-refractivity contribution in [2.75, 3.05) is 5.32 Å². The molecule has 1 atom stereocenters. The zero-order valence-corrected chi connectivity index (χ0v) is 11.6. The van der Waals surface area contributed by atoms with E-state index in [1.807, 2.05) is 36.4 Å². The van der Waals surface area contributed by atoms with E-state index in [1.165, 1.54) is 0 Å². The maximum Gasteiger partial charge on any atom is 0.329 e. The van der Waals surface area contributed by atoms with Crippen molar-refractivity contribution >= 4 is 23.3 Å². The summed E-state index contributed by atoms with van der Waals surface area (Å²) in [6, 6.07) is 14.9. The van der Waals surface area contributed by atoms with Crippen LogP contribution < -0.4 is 5.32 Å². The predicted octanol–water partition coefficient (Wildman–Crippen LogP) is 3.42. The zero-order valence-electron chi connectivity index (χ0n) is 10.8. The van der Waals surface area contributed by atoms with Crippen molar-refractivity contribution in [2.45, 2.75) is 19.1 Å². The summed E-state index contributed by atoms with van der Waals surface area (Å²) in [6.07, 6.45) is 0.676. The molecule has 0 amide bonds. The van der Waals surface area contributed by atoms with Gasteiger partial charge in [0.2, 0.25) is 0 Å². The van der Waals surface area contributed by atoms with Crippen LogP contribution in [-0.2, 0) is 22.6 Å². The third-order valence-electron chi connectivity index (χ3n) is 3.35. The summed E-state index contributed by atoms with van der Waals surface area (Å²) >= 11 is 5.81. The van der Waals surface area contributed by atoms with Crippen LogP contribution in [0.25, 0.3) is 0 Å². The number of carbonyl (C=O) groups is 1. The molecule has 0 aromatic heterocycles. The number of benzene rings is 2. The normalized spacial score (nSPS) is 16.4. The van der Waals surface area contributed by atoms with Crippen LogP contribution in [0, 0.1) is 0 Å². The van der Waals surface area contributed by atoms with Gasteiger partial charge in [0, 0.05) is 17.1 Å². The molecule has 3 nitrogen and oxygen atoms in total. The van der Waals surface area contributed by atoms with Gasteiger partial charge in [-0.2, -0.15) is 0 Å². The molecule has 4 heteroatoms. The Balaban J connectivity index is 1.57. The first-order valence-electron chi connectivity index (χ1n) is 6.48. The molecule has 3 rings (SSSR count). The minimum atomic E-state index is -0.292. The maximum atomic E-state index is 12.0. The number of rotatable bonds is 3. The topological polar surface area (TPSA) is 38.3 Å². The molecular formula is C16H14ClNO2. The van der Waals surface area contributed by atoms with Gasteiger partial charge in [-0.1, -0.05) is 41.9 Å². The van der Waals surface area contributed by atoms with Gasteiger partial charge in [-0.3, -0.25) is 0 Å². The van der Waals surface area contributed by atoms with Crippen LogP contribution in [-0.4, -0.2) is 12.0 Å². The molecule has 1 heterocycles. The van der Waals surface area contributed by atoms with Gasteiger partial charge < -0.3 is 10.1 Å². The number of para-hydroxylation sites is 1. The number of esters is 1. The molecule has 1 N–H and O–H groups in total. The Morgan fingerprint density at radius 2 is 1.95 bits per heavy atom. The van der Waals surface area contributed by atoms with Crippen LogP contribution >= 0.6 is 11.6 Å². The maximum absolute atomic E-state index is 12.0. The van der Waals surface area contributed by atoms with E-state index < -0.39 is 0 Å². The van der Waals surface area contributed by atoms with Crippen LogP contribution in [0.1, 0.15) is 11.1 Å². The molecule has 2 aromatic carbocycles. The molecule has 1 unspecified atom stereocenters. The smallest absolute Gasteiger partial charge is 0.329 e. The minimum Gasteiger partial charge on any atom is -0.459 e.